The average molecular weight is 147 g/mol. The van der Waals surface area contributed by atoms with Crippen LogP contribution < -0.4 is 0 Å². The summed E-state index contributed by atoms with van der Waals surface area (Å²) in [5.41, 5.74) is 0. The smallest absolute Gasteiger partial charge is 0.104 e. The van der Waals surface area contributed by atoms with E-state index in [0.29, 0.717) is 19.6 Å². The van der Waals surface area contributed by atoms with Crippen LogP contribution in [0.2, 0.25) is 0 Å². The van der Waals surface area contributed by atoms with Crippen LogP contribution in [0.15, 0.2) is 0 Å². The Morgan fingerprint density at radius 1 is 1.40 bits per heavy atom. The second kappa shape index (κ2) is 3.91. The number of aliphatic hydroxyl groups excluding tert-OH is 1. The van der Waals surface area contributed by atoms with Crippen molar-refractivity contribution in [2.24, 2.45) is 0 Å². The first-order valence-corrected chi connectivity index (χ1v) is 3.79. The summed E-state index contributed by atoms with van der Waals surface area (Å²) in [6.45, 7) is 6.74. The van der Waals surface area contributed by atoms with E-state index < -0.39 is 6.10 Å². The number of rotatable bonds is 4. The maximum absolute atomic E-state index is 11.4. The fourth-order valence-electron chi connectivity index (χ4n) is 0.963. The molecule has 0 heterocycles. The van der Waals surface area contributed by atoms with Gasteiger partial charge in [0.05, 0.1) is 13.1 Å². The molecule has 62 valence electrons. The van der Waals surface area contributed by atoms with Gasteiger partial charge in [0.15, 0.2) is 0 Å². The largest absolute Gasteiger partial charge is 0.633 e. The van der Waals surface area contributed by atoms with Crippen molar-refractivity contribution in [3.63, 3.8) is 0 Å². The monoisotopic (exact) mass is 147 g/mol. The topological polar surface area (TPSA) is 43.3 Å². The molecule has 0 saturated heterocycles. The standard InChI is InChI=1S/C7H17NO2/c1-4-8(10,5-2)6-7(3)9/h7,9H,4-6H2,1-3H3. The summed E-state index contributed by atoms with van der Waals surface area (Å²) < 4.78 is -0.280. The predicted molar refractivity (Wildman–Crippen MR) is 41.3 cm³/mol. The van der Waals surface area contributed by atoms with Gasteiger partial charge in [0.25, 0.3) is 0 Å². The molecule has 3 heteroatoms. The molecule has 10 heavy (non-hydrogen) atoms. The first kappa shape index (κ1) is 9.88. The molecule has 0 amide bonds. The zero-order chi connectivity index (χ0) is 8.20. The van der Waals surface area contributed by atoms with Gasteiger partial charge in [-0.25, -0.2) is 0 Å². The minimum atomic E-state index is -0.489. The summed E-state index contributed by atoms with van der Waals surface area (Å²) in [4.78, 5) is 0. The summed E-state index contributed by atoms with van der Waals surface area (Å²) in [6.07, 6.45) is -0.489. The van der Waals surface area contributed by atoms with Crippen LogP contribution in [0.25, 0.3) is 0 Å². The van der Waals surface area contributed by atoms with Gasteiger partial charge in [0.1, 0.15) is 12.6 Å². The molecule has 0 saturated carbocycles. The number of aliphatic hydroxyl groups is 1. The number of quaternary nitrogens is 1. The quantitative estimate of drug-likeness (QED) is 0.470. The number of hydrogen-bond acceptors (Lipinski definition) is 2. The van der Waals surface area contributed by atoms with E-state index >= 15 is 0 Å². The minimum Gasteiger partial charge on any atom is -0.633 e. The van der Waals surface area contributed by atoms with E-state index in [4.69, 9.17) is 5.11 Å². The third-order valence-electron chi connectivity index (χ3n) is 1.75. The zero-order valence-electron chi connectivity index (χ0n) is 7.00. The highest BCUT2D eigenvalue weighted by Gasteiger charge is 2.13. The third-order valence-corrected chi connectivity index (χ3v) is 1.75. The molecular formula is C7H17NO2. The highest BCUT2D eigenvalue weighted by atomic mass is 16.5. The van der Waals surface area contributed by atoms with Crippen molar-refractivity contribution in [3.05, 3.63) is 5.21 Å². The predicted octanol–water partition coefficient (Wildman–Crippen LogP) is 0.722. The third kappa shape index (κ3) is 3.15. The molecule has 0 fully saturated rings. The van der Waals surface area contributed by atoms with Gasteiger partial charge >= 0.3 is 0 Å². The summed E-state index contributed by atoms with van der Waals surface area (Å²) in [5, 5.41) is 20.4. The van der Waals surface area contributed by atoms with Crippen molar-refractivity contribution in [2.75, 3.05) is 19.6 Å². The van der Waals surface area contributed by atoms with E-state index in [-0.39, 0.29) is 4.65 Å². The first-order valence-electron chi connectivity index (χ1n) is 3.79. The Balaban J connectivity index is 3.80. The lowest BCUT2D eigenvalue weighted by molar-refractivity contribution is -0.880. The molecule has 0 aromatic carbocycles. The van der Waals surface area contributed by atoms with Crippen molar-refractivity contribution < 1.29 is 9.75 Å². The second-order valence-electron chi connectivity index (χ2n) is 2.72. The van der Waals surface area contributed by atoms with Crippen LogP contribution in [0, 0.1) is 5.21 Å². The van der Waals surface area contributed by atoms with Crippen LogP contribution in [-0.2, 0) is 0 Å². The van der Waals surface area contributed by atoms with E-state index in [1.165, 1.54) is 0 Å². The van der Waals surface area contributed by atoms with Gasteiger partial charge in [-0.3, -0.25) is 0 Å². The molecule has 0 bridgehead atoms. The molecule has 1 N–H and O–H groups in total. The zero-order valence-corrected chi connectivity index (χ0v) is 7.00. The Bertz CT molecular complexity index is 89.6. The highest BCUT2D eigenvalue weighted by Crippen LogP contribution is 2.03. The van der Waals surface area contributed by atoms with Crippen LogP contribution in [0.5, 0.6) is 0 Å². The normalized spacial score (nSPS) is 15.3. The van der Waals surface area contributed by atoms with Crippen molar-refractivity contribution in [2.45, 2.75) is 26.9 Å². The van der Waals surface area contributed by atoms with Gasteiger partial charge in [0.2, 0.25) is 0 Å². The maximum Gasteiger partial charge on any atom is 0.104 e. The number of nitrogens with zero attached hydrogens (tertiary/aromatic N) is 1. The molecule has 1 unspecified atom stereocenters. The molecule has 0 radical (unpaired) electrons. The molecule has 0 spiro atoms. The Morgan fingerprint density at radius 3 is 1.90 bits per heavy atom. The summed E-state index contributed by atoms with van der Waals surface area (Å²) in [7, 11) is 0. The van der Waals surface area contributed by atoms with E-state index in [2.05, 4.69) is 0 Å². The fourth-order valence-corrected chi connectivity index (χ4v) is 0.963. The van der Waals surface area contributed by atoms with Crippen molar-refractivity contribution in [1.29, 1.82) is 0 Å². The van der Waals surface area contributed by atoms with Crippen LogP contribution in [0.4, 0.5) is 0 Å². The number of hydrogen-bond donors (Lipinski definition) is 1. The van der Waals surface area contributed by atoms with Crippen molar-refractivity contribution >= 4 is 0 Å². The number of likely N-dealkylation sites (N-methyl/N-ethyl adjacent to an activating group) is 1. The molecule has 0 aliphatic rings. The Kier molecular flexibility index (Phi) is 3.86. The molecule has 1 atom stereocenters. The van der Waals surface area contributed by atoms with Gasteiger partial charge in [-0.05, 0) is 20.8 Å². The Hall–Kier alpha value is -0.120. The Labute approximate surface area is 62.4 Å². The van der Waals surface area contributed by atoms with E-state index in [1.807, 2.05) is 13.8 Å². The first-order chi connectivity index (χ1) is 4.54. The molecule has 0 aromatic rings. The minimum absolute atomic E-state index is 0.280. The SMILES string of the molecule is CC[N+]([O-])(CC)CC(C)O. The van der Waals surface area contributed by atoms with E-state index in [9.17, 15) is 5.21 Å². The molecule has 0 aromatic heterocycles. The summed E-state index contributed by atoms with van der Waals surface area (Å²) >= 11 is 0. The van der Waals surface area contributed by atoms with Gasteiger partial charge in [-0.2, -0.15) is 0 Å². The van der Waals surface area contributed by atoms with Crippen molar-refractivity contribution in [3.8, 4) is 0 Å². The average Bonchev–Trinajstić information content (AvgIpc) is 1.87. The van der Waals surface area contributed by atoms with Crippen LogP contribution >= 0.6 is 0 Å². The Morgan fingerprint density at radius 2 is 1.80 bits per heavy atom. The fraction of sp³-hybridized carbons (Fsp3) is 1.00. The lowest BCUT2D eigenvalue weighted by Crippen LogP contribution is -2.46. The summed E-state index contributed by atoms with van der Waals surface area (Å²) in [5.74, 6) is 0. The van der Waals surface area contributed by atoms with Gasteiger partial charge in [0, 0.05) is 0 Å². The highest BCUT2D eigenvalue weighted by molar-refractivity contribution is 4.46. The van der Waals surface area contributed by atoms with Crippen LogP contribution in [-0.4, -0.2) is 35.5 Å². The molecule has 3 nitrogen and oxygen atoms in total. The van der Waals surface area contributed by atoms with E-state index in [1.54, 1.807) is 6.92 Å². The van der Waals surface area contributed by atoms with Gasteiger partial charge < -0.3 is 15.0 Å². The van der Waals surface area contributed by atoms with Crippen LogP contribution in [0.1, 0.15) is 20.8 Å². The maximum atomic E-state index is 11.4. The second-order valence-corrected chi connectivity index (χ2v) is 2.72. The van der Waals surface area contributed by atoms with Crippen molar-refractivity contribution in [1.82, 2.24) is 0 Å². The van der Waals surface area contributed by atoms with Gasteiger partial charge in [-0.1, -0.05) is 0 Å². The molecule has 0 aliphatic carbocycles. The molecule has 0 aliphatic heterocycles. The lowest BCUT2D eigenvalue weighted by atomic mass is 10.3. The van der Waals surface area contributed by atoms with Crippen LogP contribution in [0.3, 0.4) is 0 Å². The molecule has 0 rings (SSSR count). The summed E-state index contributed by atoms with van der Waals surface area (Å²) in [6, 6.07) is 0. The number of hydroxylamine groups is 3. The van der Waals surface area contributed by atoms with Gasteiger partial charge in [-0.15, -0.1) is 0 Å². The lowest BCUT2D eigenvalue weighted by Gasteiger charge is -2.41. The molecular weight excluding hydrogens is 130 g/mol. The van der Waals surface area contributed by atoms with E-state index in [0.717, 1.165) is 0 Å².